The maximum atomic E-state index is 12.6. The first-order valence-electron chi connectivity index (χ1n) is 7.75. The quantitative estimate of drug-likeness (QED) is 0.919. The normalized spacial score (nSPS) is 23.4. The maximum Gasteiger partial charge on any atom is 0.272 e. The van der Waals surface area contributed by atoms with E-state index in [2.05, 4.69) is 9.88 Å². The molecule has 1 saturated heterocycles. The van der Waals surface area contributed by atoms with Gasteiger partial charge in [-0.2, -0.15) is 0 Å². The van der Waals surface area contributed by atoms with Gasteiger partial charge in [-0.3, -0.25) is 9.78 Å². The van der Waals surface area contributed by atoms with Crippen molar-refractivity contribution in [3.8, 4) is 0 Å². The Balaban J connectivity index is 1.74. The predicted molar refractivity (Wildman–Crippen MR) is 78.1 cm³/mol. The second-order valence-electron chi connectivity index (χ2n) is 6.01. The summed E-state index contributed by atoms with van der Waals surface area (Å²) in [6.07, 6.45) is 9.24. The Labute approximate surface area is 120 Å². The molecule has 2 N–H and O–H groups in total. The topological polar surface area (TPSA) is 59.2 Å². The standard InChI is InChI=1S/C16H23N3O/c17-10-12-7-8-14(18-11-12)16(20)19-9-3-6-15(19)13-4-1-2-5-13/h7-8,11,13,15H,1-6,9-10,17H2. The molecule has 1 unspecified atom stereocenters. The molecule has 108 valence electrons. The third kappa shape index (κ3) is 2.57. The molecular weight excluding hydrogens is 250 g/mol. The molecule has 1 aromatic heterocycles. The zero-order valence-corrected chi connectivity index (χ0v) is 11.9. The minimum absolute atomic E-state index is 0.1000. The molecule has 1 saturated carbocycles. The Morgan fingerprint density at radius 3 is 2.70 bits per heavy atom. The van der Waals surface area contributed by atoms with Gasteiger partial charge in [0.05, 0.1) is 0 Å². The Kier molecular flexibility index (Phi) is 4.01. The minimum atomic E-state index is 0.1000. The van der Waals surface area contributed by atoms with E-state index >= 15 is 0 Å². The van der Waals surface area contributed by atoms with Gasteiger partial charge in [-0.05, 0) is 43.2 Å². The fourth-order valence-electron chi connectivity index (χ4n) is 3.70. The summed E-state index contributed by atoms with van der Waals surface area (Å²) < 4.78 is 0. The summed E-state index contributed by atoms with van der Waals surface area (Å²) in [5.41, 5.74) is 7.10. The van der Waals surface area contributed by atoms with E-state index in [-0.39, 0.29) is 5.91 Å². The number of aromatic nitrogens is 1. The number of hydrogen-bond acceptors (Lipinski definition) is 3. The average Bonchev–Trinajstić information content (AvgIpc) is 3.16. The van der Waals surface area contributed by atoms with Crippen molar-refractivity contribution < 1.29 is 4.79 Å². The first-order valence-corrected chi connectivity index (χ1v) is 7.75. The highest BCUT2D eigenvalue weighted by Crippen LogP contribution is 2.35. The van der Waals surface area contributed by atoms with E-state index in [0.29, 0.717) is 24.2 Å². The highest BCUT2D eigenvalue weighted by Gasteiger charge is 2.36. The summed E-state index contributed by atoms with van der Waals surface area (Å²) in [6, 6.07) is 4.16. The van der Waals surface area contributed by atoms with Gasteiger partial charge < -0.3 is 10.6 Å². The van der Waals surface area contributed by atoms with Crippen LogP contribution in [-0.4, -0.2) is 28.4 Å². The van der Waals surface area contributed by atoms with E-state index in [0.717, 1.165) is 24.9 Å². The lowest BCUT2D eigenvalue weighted by atomic mass is 9.96. The third-order valence-electron chi connectivity index (χ3n) is 4.78. The van der Waals surface area contributed by atoms with Gasteiger partial charge in [-0.15, -0.1) is 0 Å². The SMILES string of the molecule is NCc1ccc(C(=O)N2CCCC2C2CCCC2)nc1. The van der Waals surface area contributed by atoms with Crippen LogP contribution in [0.2, 0.25) is 0 Å². The Hall–Kier alpha value is -1.42. The molecule has 0 bridgehead atoms. The van der Waals surface area contributed by atoms with Crippen LogP contribution in [0, 0.1) is 5.92 Å². The van der Waals surface area contributed by atoms with Gasteiger partial charge in [0.1, 0.15) is 5.69 Å². The van der Waals surface area contributed by atoms with Crippen molar-refractivity contribution in [3.63, 3.8) is 0 Å². The summed E-state index contributed by atoms with van der Waals surface area (Å²) in [4.78, 5) is 19.0. The Morgan fingerprint density at radius 1 is 1.25 bits per heavy atom. The number of nitrogens with two attached hydrogens (primary N) is 1. The maximum absolute atomic E-state index is 12.6. The molecule has 4 nitrogen and oxygen atoms in total. The highest BCUT2D eigenvalue weighted by atomic mass is 16.2. The molecule has 1 amide bonds. The van der Waals surface area contributed by atoms with Gasteiger partial charge in [-0.1, -0.05) is 18.9 Å². The van der Waals surface area contributed by atoms with Gasteiger partial charge in [0.15, 0.2) is 0 Å². The minimum Gasteiger partial charge on any atom is -0.334 e. The molecule has 4 heteroatoms. The molecule has 1 atom stereocenters. The second-order valence-corrected chi connectivity index (χ2v) is 6.01. The zero-order valence-electron chi connectivity index (χ0n) is 11.9. The number of hydrogen-bond donors (Lipinski definition) is 1. The lowest BCUT2D eigenvalue weighted by molar-refractivity contribution is 0.0683. The molecule has 0 spiro atoms. The van der Waals surface area contributed by atoms with Crippen LogP contribution < -0.4 is 5.73 Å². The van der Waals surface area contributed by atoms with E-state index in [4.69, 9.17) is 5.73 Å². The van der Waals surface area contributed by atoms with Crippen LogP contribution in [-0.2, 0) is 6.54 Å². The fraction of sp³-hybridized carbons (Fsp3) is 0.625. The molecule has 2 heterocycles. The van der Waals surface area contributed by atoms with Crippen molar-refractivity contribution in [1.29, 1.82) is 0 Å². The molecule has 1 aromatic rings. The summed E-state index contributed by atoms with van der Waals surface area (Å²) >= 11 is 0. The number of nitrogens with zero attached hydrogens (tertiary/aromatic N) is 2. The zero-order chi connectivity index (χ0) is 13.9. The van der Waals surface area contributed by atoms with E-state index < -0.39 is 0 Å². The molecule has 1 aliphatic heterocycles. The number of amides is 1. The van der Waals surface area contributed by atoms with Crippen molar-refractivity contribution in [3.05, 3.63) is 29.6 Å². The molecule has 20 heavy (non-hydrogen) atoms. The van der Waals surface area contributed by atoms with Gasteiger partial charge in [0.2, 0.25) is 0 Å². The van der Waals surface area contributed by atoms with Crippen LogP contribution in [0.1, 0.15) is 54.6 Å². The Morgan fingerprint density at radius 2 is 2.05 bits per heavy atom. The van der Waals surface area contributed by atoms with E-state index in [1.165, 1.54) is 25.7 Å². The van der Waals surface area contributed by atoms with Crippen LogP contribution in [0.15, 0.2) is 18.3 Å². The third-order valence-corrected chi connectivity index (χ3v) is 4.78. The predicted octanol–water partition coefficient (Wildman–Crippen LogP) is 2.34. The molecule has 1 aliphatic carbocycles. The average molecular weight is 273 g/mol. The number of likely N-dealkylation sites (tertiary alicyclic amines) is 1. The highest BCUT2D eigenvalue weighted by molar-refractivity contribution is 5.92. The molecule has 3 rings (SSSR count). The number of carbonyl (C=O) groups is 1. The summed E-state index contributed by atoms with van der Waals surface area (Å²) in [5.74, 6) is 0.813. The first kappa shape index (κ1) is 13.6. The smallest absolute Gasteiger partial charge is 0.272 e. The van der Waals surface area contributed by atoms with Crippen LogP contribution in [0.4, 0.5) is 0 Å². The van der Waals surface area contributed by atoms with Gasteiger partial charge >= 0.3 is 0 Å². The monoisotopic (exact) mass is 273 g/mol. The van der Waals surface area contributed by atoms with E-state index in [1.54, 1.807) is 6.20 Å². The summed E-state index contributed by atoms with van der Waals surface area (Å²) in [5, 5.41) is 0. The van der Waals surface area contributed by atoms with E-state index in [9.17, 15) is 4.79 Å². The van der Waals surface area contributed by atoms with Crippen LogP contribution in [0.5, 0.6) is 0 Å². The van der Waals surface area contributed by atoms with Gasteiger partial charge in [-0.25, -0.2) is 0 Å². The largest absolute Gasteiger partial charge is 0.334 e. The van der Waals surface area contributed by atoms with Crippen LogP contribution >= 0.6 is 0 Å². The number of rotatable bonds is 3. The van der Waals surface area contributed by atoms with E-state index in [1.807, 2.05) is 12.1 Å². The van der Waals surface area contributed by atoms with Crippen molar-refractivity contribution in [1.82, 2.24) is 9.88 Å². The molecule has 0 radical (unpaired) electrons. The fourth-order valence-corrected chi connectivity index (χ4v) is 3.70. The van der Waals surface area contributed by atoms with Crippen LogP contribution in [0.25, 0.3) is 0 Å². The molecular formula is C16H23N3O. The van der Waals surface area contributed by atoms with Crippen LogP contribution in [0.3, 0.4) is 0 Å². The number of pyridine rings is 1. The summed E-state index contributed by atoms with van der Waals surface area (Å²) in [6.45, 7) is 1.36. The van der Waals surface area contributed by atoms with Crippen molar-refractivity contribution >= 4 is 5.91 Å². The molecule has 0 aromatic carbocycles. The van der Waals surface area contributed by atoms with Crippen molar-refractivity contribution in [2.75, 3.05) is 6.54 Å². The first-order chi connectivity index (χ1) is 9.79. The van der Waals surface area contributed by atoms with Gasteiger partial charge in [0.25, 0.3) is 5.91 Å². The second kappa shape index (κ2) is 5.92. The van der Waals surface area contributed by atoms with Crippen molar-refractivity contribution in [2.45, 2.75) is 51.1 Å². The van der Waals surface area contributed by atoms with Gasteiger partial charge in [0, 0.05) is 25.3 Å². The number of carbonyl (C=O) groups excluding carboxylic acids is 1. The summed E-state index contributed by atoms with van der Waals surface area (Å²) in [7, 11) is 0. The molecule has 2 aliphatic rings. The van der Waals surface area contributed by atoms with Crippen molar-refractivity contribution in [2.24, 2.45) is 11.7 Å². The lowest BCUT2D eigenvalue weighted by Crippen LogP contribution is -2.39. The molecule has 2 fully saturated rings. The lowest BCUT2D eigenvalue weighted by Gasteiger charge is -2.29. The Bertz CT molecular complexity index is 465.